The molecule has 4 heteroatoms. The summed E-state index contributed by atoms with van der Waals surface area (Å²) in [5, 5.41) is 9.10. The number of rotatable bonds is 4. The van der Waals surface area contributed by atoms with Gasteiger partial charge in [0, 0.05) is 31.7 Å². The molecule has 0 spiro atoms. The molecule has 0 saturated carbocycles. The molecule has 0 unspecified atom stereocenters. The Hall–Kier alpha value is -2.41. The first kappa shape index (κ1) is 12.1. The number of nitriles is 1. The van der Waals surface area contributed by atoms with Crippen molar-refractivity contribution in [2.45, 2.75) is 13.5 Å². The number of aromatic nitrogens is 2. The molecule has 0 aliphatic carbocycles. The minimum absolute atomic E-state index is 0.605. The van der Waals surface area contributed by atoms with Crippen LogP contribution in [0.1, 0.15) is 18.1 Å². The monoisotopic (exact) mass is 238 g/mol. The van der Waals surface area contributed by atoms with E-state index in [0.29, 0.717) is 5.56 Å². The molecule has 0 aliphatic heterocycles. The molecule has 2 rings (SSSR count). The van der Waals surface area contributed by atoms with Gasteiger partial charge in [0.05, 0.1) is 5.56 Å². The molecule has 2 aromatic heterocycles. The van der Waals surface area contributed by atoms with Crippen LogP contribution in [-0.2, 0) is 6.54 Å². The molecule has 4 nitrogen and oxygen atoms in total. The van der Waals surface area contributed by atoms with E-state index in [1.807, 2.05) is 12.1 Å². The lowest BCUT2D eigenvalue weighted by molar-refractivity contribution is 0.810. The van der Waals surface area contributed by atoms with Crippen LogP contribution in [0.2, 0.25) is 0 Å². The van der Waals surface area contributed by atoms with Gasteiger partial charge in [-0.05, 0) is 36.8 Å². The minimum atomic E-state index is 0.605. The molecule has 0 fully saturated rings. The fourth-order valence-electron chi connectivity index (χ4n) is 1.78. The number of pyridine rings is 2. The van der Waals surface area contributed by atoms with Crippen LogP contribution in [0, 0.1) is 11.3 Å². The summed E-state index contributed by atoms with van der Waals surface area (Å²) in [6.45, 7) is 3.58. The van der Waals surface area contributed by atoms with E-state index >= 15 is 0 Å². The van der Waals surface area contributed by atoms with Crippen LogP contribution in [0.4, 0.5) is 5.82 Å². The summed E-state index contributed by atoms with van der Waals surface area (Å²) in [6, 6.07) is 9.69. The maximum absolute atomic E-state index is 9.10. The van der Waals surface area contributed by atoms with Crippen molar-refractivity contribution in [2.75, 3.05) is 11.4 Å². The quantitative estimate of drug-likeness (QED) is 0.820. The molecule has 0 saturated heterocycles. The number of nitrogens with zero attached hydrogens (tertiary/aromatic N) is 4. The van der Waals surface area contributed by atoms with Crippen molar-refractivity contribution >= 4 is 5.82 Å². The van der Waals surface area contributed by atoms with E-state index in [9.17, 15) is 0 Å². The van der Waals surface area contributed by atoms with Gasteiger partial charge in [-0.1, -0.05) is 0 Å². The number of anilines is 1. The van der Waals surface area contributed by atoms with Crippen molar-refractivity contribution in [3.63, 3.8) is 0 Å². The SMILES string of the molecule is CCN(Cc1ccncc1)c1ncccc1C#N. The fourth-order valence-corrected chi connectivity index (χ4v) is 1.78. The van der Waals surface area contributed by atoms with E-state index in [4.69, 9.17) is 5.26 Å². The maximum atomic E-state index is 9.10. The van der Waals surface area contributed by atoms with Crippen LogP contribution in [-0.4, -0.2) is 16.5 Å². The maximum Gasteiger partial charge on any atom is 0.146 e. The summed E-state index contributed by atoms with van der Waals surface area (Å²) < 4.78 is 0. The third kappa shape index (κ3) is 2.64. The van der Waals surface area contributed by atoms with Gasteiger partial charge < -0.3 is 4.90 Å². The highest BCUT2D eigenvalue weighted by atomic mass is 15.2. The zero-order valence-electron chi connectivity index (χ0n) is 10.2. The van der Waals surface area contributed by atoms with Crippen LogP contribution in [0.3, 0.4) is 0 Å². The van der Waals surface area contributed by atoms with Crippen LogP contribution in [0.5, 0.6) is 0 Å². The molecule has 0 atom stereocenters. The molecule has 0 bridgehead atoms. The summed E-state index contributed by atoms with van der Waals surface area (Å²) in [6.07, 6.45) is 5.25. The third-order valence-corrected chi connectivity index (χ3v) is 2.71. The Morgan fingerprint density at radius 3 is 2.67 bits per heavy atom. The lowest BCUT2D eigenvalue weighted by atomic mass is 10.2. The van der Waals surface area contributed by atoms with E-state index in [1.54, 1.807) is 30.7 Å². The van der Waals surface area contributed by atoms with Gasteiger partial charge >= 0.3 is 0 Å². The van der Waals surface area contributed by atoms with Gasteiger partial charge in [-0.25, -0.2) is 4.98 Å². The molecular weight excluding hydrogens is 224 g/mol. The predicted molar refractivity (Wildman–Crippen MR) is 69.9 cm³/mol. The highest BCUT2D eigenvalue weighted by Gasteiger charge is 2.11. The van der Waals surface area contributed by atoms with Crippen LogP contribution in [0.15, 0.2) is 42.9 Å². The normalized spacial score (nSPS) is 9.78. The summed E-state index contributed by atoms with van der Waals surface area (Å²) in [4.78, 5) is 10.4. The molecular formula is C14H14N4. The Morgan fingerprint density at radius 1 is 1.22 bits per heavy atom. The summed E-state index contributed by atoms with van der Waals surface area (Å²) in [7, 11) is 0. The van der Waals surface area contributed by atoms with E-state index in [-0.39, 0.29) is 0 Å². The Balaban J connectivity index is 2.27. The average molecular weight is 238 g/mol. The minimum Gasteiger partial charge on any atom is -0.351 e. The zero-order chi connectivity index (χ0) is 12.8. The van der Waals surface area contributed by atoms with E-state index < -0.39 is 0 Å². The number of hydrogen-bond acceptors (Lipinski definition) is 4. The largest absolute Gasteiger partial charge is 0.351 e. The molecule has 0 radical (unpaired) electrons. The first-order valence-electron chi connectivity index (χ1n) is 5.84. The topological polar surface area (TPSA) is 52.8 Å². The lowest BCUT2D eigenvalue weighted by Gasteiger charge is -2.22. The molecule has 0 aliphatic rings. The highest BCUT2D eigenvalue weighted by molar-refractivity contribution is 5.53. The average Bonchev–Trinajstić information content (AvgIpc) is 2.46. The van der Waals surface area contributed by atoms with Gasteiger partial charge in [-0.2, -0.15) is 5.26 Å². The lowest BCUT2D eigenvalue weighted by Crippen LogP contribution is -2.24. The van der Waals surface area contributed by atoms with Gasteiger partial charge in [-0.3, -0.25) is 4.98 Å². The highest BCUT2D eigenvalue weighted by Crippen LogP contribution is 2.18. The third-order valence-electron chi connectivity index (χ3n) is 2.71. The molecule has 0 amide bonds. The molecule has 2 heterocycles. The van der Waals surface area contributed by atoms with Gasteiger partial charge in [0.1, 0.15) is 11.9 Å². The second-order valence-corrected chi connectivity index (χ2v) is 3.86. The van der Waals surface area contributed by atoms with Gasteiger partial charge in [0.2, 0.25) is 0 Å². The standard InChI is InChI=1S/C14H14N4/c1-2-18(11-12-5-8-16-9-6-12)14-13(10-15)4-3-7-17-14/h3-9H,2,11H2,1H3. The Bertz CT molecular complexity index is 545. The van der Waals surface area contributed by atoms with E-state index in [1.165, 1.54) is 0 Å². The summed E-state index contributed by atoms with van der Waals surface area (Å²) in [5.74, 6) is 0.735. The molecule has 2 aromatic rings. The van der Waals surface area contributed by atoms with Gasteiger partial charge in [-0.15, -0.1) is 0 Å². The Labute approximate surface area is 107 Å². The van der Waals surface area contributed by atoms with Gasteiger partial charge in [0.15, 0.2) is 0 Å². The number of hydrogen-bond donors (Lipinski definition) is 0. The molecule has 0 aromatic carbocycles. The van der Waals surface area contributed by atoms with Gasteiger partial charge in [0.25, 0.3) is 0 Å². The van der Waals surface area contributed by atoms with Crippen molar-refractivity contribution in [2.24, 2.45) is 0 Å². The molecule has 18 heavy (non-hydrogen) atoms. The van der Waals surface area contributed by atoms with Crippen LogP contribution in [0.25, 0.3) is 0 Å². The Kier molecular flexibility index (Phi) is 3.87. The first-order chi connectivity index (χ1) is 8.85. The summed E-state index contributed by atoms with van der Waals surface area (Å²) >= 11 is 0. The first-order valence-corrected chi connectivity index (χ1v) is 5.84. The second-order valence-electron chi connectivity index (χ2n) is 3.86. The summed E-state index contributed by atoms with van der Waals surface area (Å²) in [5.41, 5.74) is 1.76. The second kappa shape index (κ2) is 5.78. The zero-order valence-corrected chi connectivity index (χ0v) is 10.2. The smallest absolute Gasteiger partial charge is 0.146 e. The fraction of sp³-hybridized carbons (Fsp3) is 0.214. The van der Waals surface area contributed by atoms with E-state index in [0.717, 1.165) is 24.5 Å². The van der Waals surface area contributed by atoms with Crippen LogP contribution < -0.4 is 4.90 Å². The Morgan fingerprint density at radius 2 is 2.00 bits per heavy atom. The van der Waals surface area contributed by atoms with Crippen molar-refractivity contribution in [3.05, 3.63) is 54.0 Å². The predicted octanol–water partition coefficient (Wildman–Crippen LogP) is 2.37. The van der Waals surface area contributed by atoms with E-state index in [2.05, 4.69) is 27.9 Å². The van der Waals surface area contributed by atoms with Crippen LogP contribution >= 0.6 is 0 Å². The molecule has 0 N–H and O–H groups in total. The van der Waals surface area contributed by atoms with Crippen molar-refractivity contribution in [3.8, 4) is 6.07 Å². The van der Waals surface area contributed by atoms with Crippen molar-refractivity contribution < 1.29 is 0 Å². The van der Waals surface area contributed by atoms with Crippen molar-refractivity contribution in [1.82, 2.24) is 9.97 Å². The van der Waals surface area contributed by atoms with Crippen molar-refractivity contribution in [1.29, 1.82) is 5.26 Å². The molecule has 90 valence electrons.